The largest absolute Gasteiger partial charge is 0.481 e. The Balaban J connectivity index is 1.78. The summed E-state index contributed by atoms with van der Waals surface area (Å²) in [5.74, 6) is -1.47. The lowest BCUT2D eigenvalue weighted by Gasteiger charge is -2.15. The summed E-state index contributed by atoms with van der Waals surface area (Å²) >= 11 is 5.81. The van der Waals surface area contributed by atoms with Crippen LogP contribution in [-0.2, 0) is 16.0 Å². The first-order valence-electron chi connectivity index (χ1n) is 6.31. The molecular weight excluding hydrogens is 266 g/mol. The van der Waals surface area contributed by atoms with Crippen LogP contribution in [0.3, 0.4) is 0 Å². The Labute approximate surface area is 117 Å². The summed E-state index contributed by atoms with van der Waals surface area (Å²) in [6.45, 7) is 0.958. The lowest BCUT2D eigenvalue weighted by molar-refractivity contribution is -0.141. The minimum Gasteiger partial charge on any atom is -0.481 e. The SMILES string of the molecule is O=C(O)C1CC(=O)N(CCCc2ccc(Cl)cc2)C1. The van der Waals surface area contributed by atoms with Crippen molar-refractivity contribution >= 4 is 23.5 Å². The average Bonchev–Trinajstić information content (AvgIpc) is 2.74. The van der Waals surface area contributed by atoms with Gasteiger partial charge in [-0.25, -0.2) is 0 Å². The predicted octanol–water partition coefficient (Wildman–Crippen LogP) is 2.21. The minimum absolute atomic E-state index is 0.0523. The quantitative estimate of drug-likeness (QED) is 0.900. The maximum Gasteiger partial charge on any atom is 0.308 e. The number of likely N-dealkylation sites (tertiary alicyclic amines) is 1. The molecule has 0 aromatic heterocycles. The van der Waals surface area contributed by atoms with E-state index in [1.165, 1.54) is 5.56 Å². The Hall–Kier alpha value is -1.55. The molecule has 1 aromatic carbocycles. The molecular formula is C14H16ClNO3. The van der Waals surface area contributed by atoms with Gasteiger partial charge in [0, 0.05) is 24.5 Å². The van der Waals surface area contributed by atoms with E-state index in [-0.39, 0.29) is 12.3 Å². The Kier molecular flexibility index (Phi) is 4.43. The smallest absolute Gasteiger partial charge is 0.308 e. The summed E-state index contributed by atoms with van der Waals surface area (Å²) < 4.78 is 0. The van der Waals surface area contributed by atoms with Crippen LogP contribution in [0.25, 0.3) is 0 Å². The van der Waals surface area contributed by atoms with Crippen LogP contribution in [0.4, 0.5) is 0 Å². The van der Waals surface area contributed by atoms with Gasteiger partial charge in [0.15, 0.2) is 0 Å². The van der Waals surface area contributed by atoms with Crippen LogP contribution in [0, 0.1) is 5.92 Å². The number of nitrogens with zero attached hydrogens (tertiary/aromatic N) is 1. The number of carbonyl (C=O) groups excluding carboxylic acids is 1. The van der Waals surface area contributed by atoms with Crippen LogP contribution >= 0.6 is 11.6 Å². The Morgan fingerprint density at radius 1 is 1.37 bits per heavy atom. The number of carbonyl (C=O) groups is 2. The first-order chi connectivity index (χ1) is 9.06. The van der Waals surface area contributed by atoms with E-state index >= 15 is 0 Å². The average molecular weight is 282 g/mol. The van der Waals surface area contributed by atoms with Gasteiger partial charge in [-0.3, -0.25) is 9.59 Å². The van der Waals surface area contributed by atoms with Crippen molar-refractivity contribution in [2.75, 3.05) is 13.1 Å². The van der Waals surface area contributed by atoms with Gasteiger partial charge in [-0.05, 0) is 30.5 Å². The molecule has 1 N–H and O–H groups in total. The Morgan fingerprint density at radius 2 is 2.05 bits per heavy atom. The molecule has 0 radical (unpaired) electrons. The third kappa shape index (κ3) is 3.70. The number of carboxylic acids is 1. The lowest BCUT2D eigenvalue weighted by Crippen LogP contribution is -2.27. The van der Waals surface area contributed by atoms with E-state index < -0.39 is 11.9 Å². The van der Waals surface area contributed by atoms with Gasteiger partial charge < -0.3 is 10.0 Å². The zero-order valence-corrected chi connectivity index (χ0v) is 11.3. The molecule has 1 amide bonds. The van der Waals surface area contributed by atoms with Crippen molar-refractivity contribution in [3.63, 3.8) is 0 Å². The topological polar surface area (TPSA) is 57.6 Å². The fraction of sp³-hybridized carbons (Fsp3) is 0.429. The van der Waals surface area contributed by atoms with E-state index in [0.717, 1.165) is 12.8 Å². The van der Waals surface area contributed by atoms with Crippen molar-refractivity contribution in [3.05, 3.63) is 34.9 Å². The molecule has 5 heteroatoms. The van der Waals surface area contributed by atoms with Crippen LogP contribution in [-0.4, -0.2) is 35.0 Å². The zero-order chi connectivity index (χ0) is 13.8. The van der Waals surface area contributed by atoms with Crippen LogP contribution in [0.5, 0.6) is 0 Å². The molecule has 19 heavy (non-hydrogen) atoms. The first-order valence-corrected chi connectivity index (χ1v) is 6.69. The van der Waals surface area contributed by atoms with Crippen molar-refractivity contribution in [1.82, 2.24) is 4.90 Å². The highest BCUT2D eigenvalue weighted by molar-refractivity contribution is 6.30. The number of amides is 1. The molecule has 1 saturated heterocycles. The zero-order valence-electron chi connectivity index (χ0n) is 10.5. The van der Waals surface area contributed by atoms with Crippen molar-refractivity contribution in [1.29, 1.82) is 0 Å². The Bertz CT molecular complexity index is 472. The predicted molar refractivity (Wildman–Crippen MR) is 72.1 cm³/mol. The van der Waals surface area contributed by atoms with E-state index in [9.17, 15) is 9.59 Å². The molecule has 1 fully saturated rings. The molecule has 0 aliphatic carbocycles. The molecule has 1 aliphatic rings. The summed E-state index contributed by atoms with van der Waals surface area (Å²) in [5, 5.41) is 9.60. The minimum atomic E-state index is -0.881. The summed E-state index contributed by atoms with van der Waals surface area (Å²) in [6.07, 6.45) is 1.83. The third-order valence-corrected chi connectivity index (χ3v) is 3.62. The highest BCUT2D eigenvalue weighted by atomic mass is 35.5. The number of rotatable bonds is 5. The molecule has 1 atom stereocenters. The maximum atomic E-state index is 11.6. The van der Waals surface area contributed by atoms with Crippen molar-refractivity contribution < 1.29 is 14.7 Å². The molecule has 2 rings (SSSR count). The molecule has 0 saturated carbocycles. The van der Waals surface area contributed by atoms with E-state index in [1.807, 2.05) is 24.3 Å². The standard InChI is InChI=1S/C14H16ClNO3/c15-12-5-3-10(4-6-12)2-1-7-16-9-11(14(18)19)8-13(16)17/h3-6,11H,1-2,7-9H2,(H,18,19). The molecule has 0 spiro atoms. The fourth-order valence-corrected chi connectivity index (χ4v) is 2.40. The molecule has 1 unspecified atom stereocenters. The number of aliphatic carboxylic acids is 1. The number of hydrogen-bond donors (Lipinski definition) is 1. The monoisotopic (exact) mass is 281 g/mol. The summed E-state index contributed by atoms with van der Waals surface area (Å²) in [7, 11) is 0. The van der Waals surface area contributed by atoms with E-state index in [0.29, 0.717) is 18.1 Å². The highest BCUT2D eigenvalue weighted by Gasteiger charge is 2.33. The fourth-order valence-electron chi connectivity index (χ4n) is 2.28. The van der Waals surface area contributed by atoms with Crippen molar-refractivity contribution in [3.8, 4) is 0 Å². The summed E-state index contributed by atoms with van der Waals surface area (Å²) in [4.78, 5) is 24.1. The molecule has 1 heterocycles. The number of carboxylic acid groups (broad SMARTS) is 1. The molecule has 102 valence electrons. The molecule has 0 bridgehead atoms. The molecule has 1 aromatic rings. The van der Waals surface area contributed by atoms with Gasteiger partial charge in [0.1, 0.15) is 0 Å². The van der Waals surface area contributed by atoms with Gasteiger partial charge >= 0.3 is 5.97 Å². The molecule has 1 aliphatic heterocycles. The molecule has 4 nitrogen and oxygen atoms in total. The van der Waals surface area contributed by atoms with Gasteiger partial charge in [0.2, 0.25) is 5.91 Å². The van der Waals surface area contributed by atoms with Crippen LogP contribution in [0.2, 0.25) is 5.02 Å². The van der Waals surface area contributed by atoms with Gasteiger partial charge in [0.25, 0.3) is 0 Å². The highest BCUT2D eigenvalue weighted by Crippen LogP contribution is 2.18. The Morgan fingerprint density at radius 3 is 2.63 bits per heavy atom. The van der Waals surface area contributed by atoms with Crippen molar-refractivity contribution in [2.45, 2.75) is 19.3 Å². The van der Waals surface area contributed by atoms with E-state index in [4.69, 9.17) is 16.7 Å². The second kappa shape index (κ2) is 6.06. The maximum absolute atomic E-state index is 11.6. The number of benzene rings is 1. The van der Waals surface area contributed by atoms with E-state index in [2.05, 4.69) is 0 Å². The van der Waals surface area contributed by atoms with Gasteiger partial charge in [-0.2, -0.15) is 0 Å². The number of halogens is 1. The third-order valence-electron chi connectivity index (χ3n) is 3.37. The lowest BCUT2D eigenvalue weighted by atomic mass is 10.1. The summed E-state index contributed by atoms with van der Waals surface area (Å²) in [6, 6.07) is 7.62. The second-order valence-corrected chi connectivity index (χ2v) is 5.25. The summed E-state index contributed by atoms with van der Waals surface area (Å²) in [5.41, 5.74) is 1.17. The van der Waals surface area contributed by atoms with Gasteiger partial charge in [-0.1, -0.05) is 23.7 Å². The van der Waals surface area contributed by atoms with Crippen LogP contribution < -0.4 is 0 Å². The normalized spacial score (nSPS) is 18.9. The van der Waals surface area contributed by atoms with Crippen LogP contribution in [0.1, 0.15) is 18.4 Å². The number of hydrogen-bond acceptors (Lipinski definition) is 2. The first kappa shape index (κ1) is 13.9. The number of aryl methyl sites for hydroxylation is 1. The van der Waals surface area contributed by atoms with Gasteiger partial charge in [-0.15, -0.1) is 0 Å². The van der Waals surface area contributed by atoms with Gasteiger partial charge in [0.05, 0.1) is 5.92 Å². The van der Waals surface area contributed by atoms with Crippen LogP contribution in [0.15, 0.2) is 24.3 Å². The second-order valence-electron chi connectivity index (χ2n) is 4.81. The van der Waals surface area contributed by atoms with Crippen molar-refractivity contribution in [2.24, 2.45) is 5.92 Å². The van der Waals surface area contributed by atoms with E-state index in [1.54, 1.807) is 4.90 Å².